The van der Waals surface area contributed by atoms with Gasteiger partial charge in [0.1, 0.15) is 0 Å². The molecule has 3 aliphatic carbocycles. The van der Waals surface area contributed by atoms with Crippen molar-refractivity contribution < 1.29 is 23.1 Å². The molecule has 3 fully saturated rings. The lowest BCUT2D eigenvalue weighted by Crippen LogP contribution is -2.57. The van der Waals surface area contributed by atoms with E-state index in [2.05, 4.69) is 25.9 Å². The van der Waals surface area contributed by atoms with Crippen molar-refractivity contribution >= 4 is 5.97 Å². The van der Waals surface area contributed by atoms with Crippen LogP contribution in [0.2, 0.25) is 0 Å². The maximum atomic E-state index is 10.6. The van der Waals surface area contributed by atoms with Crippen LogP contribution >= 0.6 is 0 Å². The van der Waals surface area contributed by atoms with Crippen LogP contribution in [-0.2, 0) is 4.79 Å². The minimum Gasteiger partial charge on any atom is -0.475 e. The Morgan fingerprint density at radius 3 is 2.18 bits per heavy atom. The van der Waals surface area contributed by atoms with Crippen LogP contribution in [0.3, 0.4) is 0 Å². The SMILES string of the molecule is CC[C@]12CCC[C@@]1(N(C)C)[C@@H]1CC[C@@H]2C1.O=C(O)C(F)(F)F. The van der Waals surface area contributed by atoms with Gasteiger partial charge >= 0.3 is 12.1 Å². The highest BCUT2D eigenvalue weighted by atomic mass is 19.4. The highest BCUT2D eigenvalue weighted by Gasteiger charge is 2.68. The lowest BCUT2D eigenvalue weighted by molar-refractivity contribution is -0.192. The fourth-order valence-electron chi connectivity index (χ4n) is 6.03. The lowest BCUT2D eigenvalue weighted by atomic mass is 9.61. The predicted octanol–water partition coefficient (Wildman–Crippen LogP) is 3.93. The molecule has 128 valence electrons. The third-order valence-corrected chi connectivity index (χ3v) is 6.60. The Morgan fingerprint density at radius 2 is 1.77 bits per heavy atom. The topological polar surface area (TPSA) is 40.5 Å². The van der Waals surface area contributed by atoms with Gasteiger partial charge in [-0.25, -0.2) is 4.79 Å². The molecule has 0 radical (unpaired) electrons. The molecule has 1 N–H and O–H groups in total. The zero-order chi connectivity index (χ0) is 16.8. The van der Waals surface area contributed by atoms with Gasteiger partial charge in [-0.2, -0.15) is 13.2 Å². The maximum absolute atomic E-state index is 10.6. The number of carboxylic acid groups (broad SMARTS) is 1. The van der Waals surface area contributed by atoms with Crippen LogP contribution in [0.4, 0.5) is 13.2 Å². The molecule has 0 amide bonds. The van der Waals surface area contributed by atoms with E-state index in [1.807, 2.05) is 0 Å². The van der Waals surface area contributed by atoms with Gasteiger partial charge < -0.3 is 10.0 Å². The zero-order valence-electron chi connectivity index (χ0n) is 13.5. The number of rotatable bonds is 2. The Balaban J connectivity index is 0.000000217. The molecule has 0 aliphatic heterocycles. The molecule has 3 rings (SSSR count). The molecule has 0 spiro atoms. The largest absolute Gasteiger partial charge is 0.490 e. The van der Waals surface area contributed by atoms with Gasteiger partial charge in [0.15, 0.2) is 0 Å². The molecule has 0 saturated heterocycles. The van der Waals surface area contributed by atoms with Gasteiger partial charge in [-0.3, -0.25) is 0 Å². The van der Waals surface area contributed by atoms with Crippen LogP contribution in [0, 0.1) is 17.3 Å². The van der Waals surface area contributed by atoms with E-state index in [4.69, 9.17) is 9.90 Å². The molecule has 3 nitrogen and oxygen atoms in total. The van der Waals surface area contributed by atoms with Crippen LogP contribution in [0.5, 0.6) is 0 Å². The van der Waals surface area contributed by atoms with Crippen LogP contribution in [-0.4, -0.2) is 41.8 Å². The number of fused-ring (bicyclic) bond motifs is 5. The third-order valence-electron chi connectivity index (χ3n) is 6.60. The molecule has 3 saturated carbocycles. The highest BCUT2D eigenvalue weighted by molar-refractivity contribution is 5.73. The molecule has 3 aliphatic rings. The Hall–Kier alpha value is -0.780. The first-order chi connectivity index (χ1) is 10.1. The second-order valence-electron chi connectivity index (χ2n) is 7.19. The molecule has 0 aromatic carbocycles. The van der Waals surface area contributed by atoms with Crippen LogP contribution in [0.1, 0.15) is 51.9 Å². The smallest absolute Gasteiger partial charge is 0.475 e. The number of halogens is 3. The lowest BCUT2D eigenvalue weighted by Gasteiger charge is -2.53. The Bertz CT molecular complexity index is 438. The molecule has 0 unspecified atom stereocenters. The van der Waals surface area contributed by atoms with Gasteiger partial charge in [0.25, 0.3) is 0 Å². The summed E-state index contributed by atoms with van der Waals surface area (Å²) in [7, 11) is 4.69. The summed E-state index contributed by atoms with van der Waals surface area (Å²) in [6, 6.07) is 0. The van der Waals surface area contributed by atoms with Crippen molar-refractivity contribution in [2.24, 2.45) is 17.3 Å². The number of carboxylic acids is 1. The third kappa shape index (κ3) is 2.34. The summed E-state index contributed by atoms with van der Waals surface area (Å²) in [5, 5.41) is 7.12. The minimum absolute atomic E-state index is 0.602. The Morgan fingerprint density at radius 1 is 1.23 bits per heavy atom. The van der Waals surface area contributed by atoms with E-state index in [9.17, 15) is 13.2 Å². The van der Waals surface area contributed by atoms with Crippen molar-refractivity contribution in [2.75, 3.05) is 14.1 Å². The van der Waals surface area contributed by atoms with Gasteiger partial charge in [-0.1, -0.05) is 13.3 Å². The molecule has 0 aromatic rings. The van der Waals surface area contributed by atoms with Crippen molar-refractivity contribution in [3.8, 4) is 0 Å². The first-order valence-corrected chi connectivity index (χ1v) is 8.09. The van der Waals surface area contributed by atoms with Crippen molar-refractivity contribution in [3.05, 3.63) is 0 Å². The number of hydrogen-bond donors (Lipinski definition) is 1. The zero-order valence-corrected chi connectivity index (χ0v) is 13.5. The molecule has 22 heavy (non-hydrogen) atoms. The Labute approximate surface area is 129 Å². The molecule has 0 aromatic heterocycles. The van der Waals surface area contributed by atoms with Crippen molar-refractivity contribution in [2.45, 2.75) is 63.6 Å². The standard InChI is InChI=1S/C14H25N.C2HF3O2/c1-4-13-8-5-9-14(13,15(2)3)12-7-6-11(13)10-12;3-2(4,5)1(6)7/h11-12H,4-10H2,1-3H3;(H,6,7)/t11-,12-,13-,14-;/m1./s1. The van der Waals surface area contributed by atoms with E-state index >= 15 is 0 Å². The summed E-state index contributed by atoms with van der Waals surface area (Å²) in [6.07, 6.45) is 5.42. The van der Waals surface area contributed by atoms with Gasteiger partial charge in [0, 0.05) is 5.54 Å². The molecule has 0 heterocycles. The number of alkyl halides is 3. The van der Waals surface area contributed by atoms with Crippen LogP contribution < -0.4 is 0 Å². The van der Waals surface area contributed by atoms with Crippen LogP contribution in [0.25, 0.3) is 0 Å². The minimum atomic E-state index is -5.08. The highest BCUT2D eigenvalue weighted by Crippen LogP contribution is 2.71. The number of hydrogen-bond acceptors (Lipinski definition) is 2. The van der Waals surface area contributed by atoms with Crippen molar-refractivity contribution in [1.82, 2.24) is 4.90 Å². The summed E-state index contributed by atoms with van der Waals surface area (Å²) >= 11 is 0. The van der Waals surface area contributed by atoms with Gasteiger partial charge in [0.05, 0.1) is 0 Å². The number of carbonyl (C=O) groups is 1. The van der Waals surface area contributed by atoms with E-state index < -0.39 is 12.1 Å². The normalized spacial score (nSPS) is 39.6. The maximum Gasteiger partial charge on any atom is 0.490 e. The fraction of sp³-hybridized carbons (Fsp3) is 0.938. The van der Waals surface area contributed by atoms with E-state index in [0.29, 0.717) is 11.0 Å². The molecular weight excluding hydrogens is 295 g/mol. The summed E-state index contributed by atoms with van der Waals surface area (Å²) in [5.74, 6) is -0.662. The van der Waals surface area contributed by atoms with Crippen LogP contribution in [0.15, 0.2) is 0 Å². The average molecular weight is 321 g/mol. The summed E-state index contributed by atoms with van der Waals surface area (Å²) in [6.45, 7) is 2.45. The number of aliphatic carboxylic acids is 1. The van der Waals surface area contributed by atoms with Crippen molar-refractivity contribution in [1.29, 1.82) is 0 Å². The second-order valence-corrected chi connectivity index (χ2v) is 7.19. The molecular formula is C16H26F3NO2. The van der Waals surface area contributed by atoms with Gasteiger partial charge in [-0.05, 0) is 69.9 Å². The predicted molar refractivity (Wildman–Crippen MR) is 77.5 cm³/mol. The monoisotopic (exact) mass is 321 g/mol. The van der Waals surface area contributed by atoms with Crippen molar-refractivity contribution in [3.63, 3.8) is 0 Å². The molecule has 6 heteroatoms. The summed E-state index contributed by atoms with van der Waals surface area (Å²) in [4.78, 5) is 11.5. The molecule has 4 atom stereocenters. The molecule has 2 bridgehead atoms. The first kappa shape index (κ1) is 17.6. The summed E-state index contributed by atoms with van der Waals surface area (Å²) in [5.41, 5.74) is 1.31. The quantitative estimate of drug-likeness (QED) is 0.838. The van der Waals surface area contributed by atoms with Gasteiger partial charge in [-0.15, -0.1) is 0 Å². The van der Waals surface area contributed by atoms with E-state index in [1.54, 1.807) is 6.42 Å². The number of nitrogens with zero attached hydrogens (tertiary/aromatic N) is 1. The Kier molecular flexibility index (Phi) is 4.55. The van der Waals surface area contributed by atoms with E-state index in [1.165, 1.54) is 38.5 Å². The second kappa shape index (κ2) is 5.69. The van der Waals surface area contributed by atoms with E-state index in [-0.39, 0.29) is 0 Å². The first-order valence-electron chi connectivity index (χ1n) is 8.09. The fourth-order valence-corrected chi connectivity index (χ4v) is 6.03. The average Bonchev–Trinajstić information content (AvgIpc) is 3.09. The van der Waals surface area contributed by atoms with Gasteiger partial charge in [0.2, 0.25) is 0 Å². The summed E-state index contributed by atoms with van der Waals surface area (Å²) < 4.78 is 31.7. The van der Waals surface area contributed by atoms with E-state index in [0.717, 1.165) is 11.8 Å².